The van der Waals surface area contributed by atoms with Crippen LogP contribution in [0.5, 0.6) is 0 Å². The average Bonchev–Trinajstić information content (AvgIpc) is 2.91. The van der Waals surface area contributed by atoms with E-state index in [9.17, 15) is 4.79 Å². The first-order valence-corrected chi connectivity index (χ1v) is 7.44. The SMILES string of the molecule is CONC(=O)[C@H]1CC=CC[C@@H]1c1nc2ccccc2s1. The van der Waals surface area contributed by atoms with Crippen molar-refractivity contribution in [2.75, 3.05) is 7.11 Å². The summed E-state index contributed by atoms with van der Waals surface area (Å²) in [6.07, 6.45) is 5.77. The number of hydrogen-bond donors (Lipinski definition) is 1. The van der Waals surface area contributed by atoms with Gasteiger partial charge < -0.3 is 0 Å². The predicted octanol–water partition coefficient (Wildman–Crippen LogP) is 3.02. The first kappa shape index (κ1) is 13.3. The number of allylic oxidation sites excluding steroid dienone is 2. The van der Waals surface area contributed by atoms with Gasteiger partial charge in [0.25, 0.3) is 0 Å². The van der Waals surface area contributed by atoms with Crippen molar-refractivity contribution in [3.63, 3.8) is 0 Å². The highest BCUT2D eigenvalue weighted by Gasteiger charge is 2.32. The molecule has 1 aliphatic carbocycles. The lowest BCUT2D eigenvalue weighted by Crippen LogP contribution is -2.34. The maximum Gasteiger partial charge on any atom is 0.247 e. The Morgan fingerprint density at radius 3 is 2.95 bits per heavy atom. The summed E-state index contributed by atoms with van der Waals surface area (Å²) in [4.78, 5) is 21.6. The third-order valence-corrected chi connectivity index (χ3v) is 4.77. The van der Waals surface area contributed by atoms with Gasteiger partial charge in [0.05, 0.1) is 28.3 Å². The lowest BCUT2D eigenvalue weighted by atomic mass is 9.83. The van der Waals surface area contributed by atoms with Crippen LogP contribution < -0.4 is 5.48 Å². The minimum atomic E-state index is -0.111. The fourth-order valence-electron chi connectivity index (χ4n) is 2.60. The van der Waals surface area contributed by atoms with Crippen molar-refractivity contribution in [3.8, 4) is 0 Å². The number of para-hydroxylation sites is 1. The van der Waals surface area contributed by atoms with Gasteiger partial charge in [0.15, 0.2) is 0 Å². The molecule has 5 heteroatoms. The molecule has 0 saturated carbocycles. The number of hydrogen-bond acceptors (Lipinski definition) is 4. The van der Waals surface area contributed by atoms with Gasteiger partial charge in [-0.2, -0.15) is 0 Å². The normalized spacial score (nSPS) is 22.1. The summed E-state index contributed by atoms with van der Waals surface area (Å²) in [7, 11) is 1.46. The van der Waals surface area contributed by atoms with Crippen molar-refractivity contribution in [1.29, 1.82) is 0 Å². The average molecular weight is 288 g/mol. The monoisotopic (exact) mass is 288 g/mol. The molecule has 0 spiro atoms. The second-order valence-corrected chi connectivity index (χ2v) is 5.91. The summed E-state index contributed by atoms with van der Waals surface area (Å²) in [6, 6.07) is 8.08. The lowest BCUT2D eigenvalue weighted by Gasteiger charge is -2.25. The number of thiazole rings is 1. The van der Waals surface area contributed by atoms with E-state index in [2.05, 4.69) is 23.7 Å². The molecule has 2 atom stereocenters. The zero-order valence-corrected chi connectivity index (χ0v) is 12.0. The van der Waals surface area contributed by atoms with E-state index in [1.54, 1.807) is 11.3 Å². The van der Waals surface area contributed by atoms with E-state index in [-0.39, 0.29) is 17.7 Å². The van der Waals surface area contributed by atoms with E-state index in [0.717, 1.165) is 23.4 Å². The minimum Gasteiger partial charge on any atom is -0.277 e. The summed E-state index contributed by atoms with van der Waals surface area (Å²) < 4.78 is 1.17. The van der Waals surface area contributed by atoms with Crippen LogP contribution in [0, 0.1) is 5.92 Å². The number of carbonyl (C=O) groups is 1. The van der Waals surface area contributed by atoms with Crippen LogP contribution in [0.2, 0.25) is 0 Å². The number of benzene rings is 1. The molecule has 1 heterocycles. The van der Waals surface area contributed by atoms with Crippen LogP contribution in [0.4, 0.5) is 0 Å². The number of carbonyl (C=O) groups excluding carboxylic acids is 1. The molecule has 2 aromatic rings. The molecule has 0 saturated heterocycles. The lowest BCUT2D eigenvalue weighted by molar-refractivity contribution is -0.136. The highest BCUT2D eigenvalue weighted by molar-refractivity contribution is 7.18. The summed E-state index contributed by atoms with van der Waals surface area (Å²) in [5, 5.41) is 1.03. The molecule has 20 heavy (non-hydrogen) atoms. The summed E-state index contributed by atoms with van der Waals surface area (Å²) in [5.74, 6) is -0.0471. The third kappa shape index (κ3) is 2.46. The molecule has 1 aromatic carbocycles. The quantitative estimate of drug-likeness (QED) is 0.697. The van der Waals surface area contributed by atoms with Crippen molar-refractivity contribution in [2.24, 2.45) is 5.92 Å². The van der Waals surface area contributed by atoms with Crippen LogP contribution in [-0.4, -0.2) is 18.0 Å². The van der Waals surface area contributed by atoms with E-state index in [1.807, 2.05) is 18.2 Å². The zero-order valence-electron chi connectivity index (χ0n) is 11.2. The molecular weight excluding hydrogens is 272 g/mol. The van der Waals surface area contributed by atoms with Crippen LogP contribution in [0.25, 0.3) is 10.2 Å². The molecule has 0 fully saturated rings. The van der Waals surface area contributed by atoms with Crippen LogP contribution >= 0.6 is 11.3 Å². The standard InChI is InChI=1S/C15H16N2O2S/c1-19-17-14(18)10-6-2-3-7-11(10)15-16-12-8-4-5-9-13(12)20-15/h2-5,8-11H,6-7H2,1H3,(H,17,18)/t10-,11-/m0/s1. The number of fused-ring (bicyclic) bond motifs is 1. The Hall–Kier alpha value is -1.72. The van der Waals surface area contributed by atoms with Gasteiger partial charge >= 0.3 is 0 Å². The van der Waals surface area contributed by atoms with Gasteiger partial charge in [-0.25, -0.2) is 10.5 Å². The molecule has 1 amide bonds. The number of amides is 1. The Morgan fingerprint density at radius 1 is 1.35 bits per heavy atom. The molecule has 4 nitrogen and oxygen atoms in total. The number of hydroxylamine groups is 1. The van der Waals surface area contributed by atoms with Crippen molar-refractivity contribution < 1.29 is 9.63 Å². The third-order valence-electron chi connectivity index (χ3n) is 3.60. The molecule has 0 bridgehead atoms. The van der Waals surface area contributed by atoms with E-state index in [1.165, 1.54) is 11.8 Å². The van der Waals surface area contributed by atoms with Gasteiger partial charge in [0, 0.05) is 5.92 Å². The van der Waals surface area contributed by atoms with E-state index in [4.69, 9.17) is 9.82 Å². The topological polar surface area (TPSA) is 51.2 Å². The molecule has 0 aliphatic heterocycles. The maximum atomic E-state index is 12.1. The summed E-state index contributed by atoms with van der Waals surface area (Å²) in [6.45, 7) is 0. The fraction of sp³-hybridized carbons (Fsp3) is 0.333. The minimum absolute atomic E-state index is 0.0684. The Morgan fingerprint density at radius 2 is 2.15 bits per heavy atom. The van der Waals surface area contributed by atoms with E-state index < -0.39 is 0 Å². The van der Waals surface area contributed by atoms with Crippen LogP contribution in [-0.2, 0) is 9.63 Å². The smallest absolute Gasteiger partial charge is 0.247 e. The van der Waals surface area contributed by atoms with E-state index >= 15 is 0 Å². The van der Waals surface area contributed by atoms with Crippen molar-refractivity contribution in [1.82, 2.24) is 10.5 Å². The van der Waals surface area contributed by atoms with Gasteiger partial charge in [-0.05, 0) is 25.0 Å². The molecule has 0 radical (unpaired) electrons. The van der Waals surface area contributed by atoms with Crippen molar-refractivity contribution in [3.05, 3.63) is 41.4 Å². The maximum absolute atomic E-state index is 12.1. The molecule has 1 aromatic heterocycles. The highest BCUT2D eigenvalue weighted by atomic mass is 32.1. The second-order valence-electron chi connectivity index (χ2n) is 4.85. The predicted molar refractivity (Wildman–Crippen MR) is 79.4 cm³/mol. The van der Waals surface area contributed by atoms with Crippen molar-refractivity contribution in [2.45, 2.75) is 18.8 Å². The van der Waals surface area contributed by atoms with Crippen LogP contribution in [0.3, 0.4) is 0 Å². The fourth-order valence-corrected chi connectivity index (χ4v) is 3.75. The van der Waals surface area contributed by atoms with Gasteiger partial charge in [0.2, 0.25) is 5.91 Å². The molecule has 3 rings (SSSR count). The number of nitrogens with one attached hydrogen (secondary N) is 1. The molecule has 104 valence electrons. The molecule has 0 unspecified atom stereocenters. The summed E-state index contributed by atoms with van der Waals surface area (Å²) >= 11 is 1.68. The first-order chi connectivity index (χ1) is 9.79. The van der Waals surface area contributed by atoms with Gasteiger partial charge in [-0.3, -0.25) is 9.63 Å². The van der Waals surface area contributed by atoms with Crippen LogP contribution in [0.15, 0.2) is 36.4 Å². The van der Waals surface area contributed by atoms with Gasteiger partial charge in [0.1, 0.15) is 0 Å². The Bertz CT molecular complexity index is 617. The first-order valence-electron chi connectivity index (χ1n) is 6.63. The molecule has 1 aliphatic rings. The zero-order chi connectivity index (χ0) is 13.9. The number of aromatic nitrogens is 1. The van der Waals surface area contributed by atoms with Gasteiger partial charge in [-0.1, -0.05) is 24.3 Å². The molecular formula is C15H16N2O2S. The Labute approximate surface area is 121 Å². The Balaban J connectivity index is 1.93. The van der Waals surface area contributed by atoms with E-state index in [0.29, 0.717) is 0 Å². The highest BCUT2D eigenvalue weighted by Crippen LogP contribution is 2.38. The van der Waals surface area contributed by atoms with Gasteiger partial charge in [-0.15, -0.1) is 11.3 Å². The number of rotatable bonds is 3. The largest absolute Gasteiger partial charge is 0.277 e. The summed E-state index contributed by atoms with van der Waals surface area (Å²) in [5.41, 5.74) is 3.46. The second kappa shape index (κ2) is 5.73. The molecule has 1 N–H and O–H groups in total. The van der Waals surface area contributed by atoms with Crippen LogP contribution in [0.1, 0.15) is 23.8 Å². The van der Waals surface area contributed by atoms with Crippen molar-refractivity contribution >= 4 is 27.5 Å². The number of nitrogens with zero attached hydrogens (tertiary/aromatic N) is 1. The Kier molecular flexibility index (Phi) is 3.80.